The van der Waals surface area contributed by atoms with Crippen LogP contribution in [0.15, 0.2) is 66.9 Å². The third-order valence-electron chi connectivity index (χ3n) is 4.63. The van der Waals surface area contributed by atoms with Crippen LogP contribution in [0.1, 0.15) is 5.56 Å². The van der Waals surface area contributed by atoms with E-state index < -0.39 is 0 Å². The van der Waals surface area contributed by atoms with Gasteiger partial charge in [-0.25, -0.2) is 4.98 Å². The number of benzene rings is 2. The number of hydrogen-bond acceptors (Lipinski definition) is 3. The predicted octanol–water partition coefficient (Wildman–Crippen LogP) is 4.41. The fourth-order valence-corrected chi connectivity index (χ4v) is 3.45. The first-order valence-electron chi connectivity index (χ1n) is 8.71. The molecule has 0 unspecified atom stereocenters. The van der Waals surface area contributed by atoms with E-state index in [4.69, 9.17) is 10.5 Å². The SMILES string of the molecule is COc1nccc(-c2ccccc2CCN)c1-c1cc2ccccc2[nH]1. The van der Waals surface area contributed by atoms with Crippen LogP contribution in [0.25, 0.3) is 33.3 Å². The summed E-state index contributed by atoms with van der Waals surface area (Å²) in [6.07, 6.45) is 2.62. The van der Waals surface area contributed by atoms with Gasteiger partial charge in [-0.05, 0) is 47.9 Å². The molecule has 0 bridgehead atoms. The van der Waals surface area contributed by atoms with Gasteiger partial charge in [-0.2, -0.15) is 0 Å². The first-order chi connectivity index (χ1) is 12.8. The zero-order valence-electron chi connectivity index (χ0n) is 14.7. The first-order valence-corrected chi connectivity index (χ1v) is 8.71. The molecule has 0 saturated carbocycles. The molecule has 0 atom stereocenters. The number of nitrogens with zero attached hydrogens (tertiary/aromatic N) is 1. The molecule has 0 aliphatic carbocycles. The van der Waals surface area contributed by atoms with Crippen LogP contribution in [-0.2, 0) is 6.42 Å². The first kappa shape index (κ1) is 16.4. The normalized spacial score (nSPS) is 11.0. The van der Waals surface area contributed by atoms with Gasteiger partial charge < -0.3 is 15.5 Å². The van der Waals surface area contributed by atoms with Crippen molar-refractivity contribution < 1.29 is 4.74 Å². The van der Waals surface area contributed by atoms with Gasteiger partial charge in [0.2, 0.25) is 5.88 Å². The van der Waals surface area contributed by atoms with Gasteiger partial charge in [0.1, 0.15) is 0 Å². The Morgan fingerprint density at radius 1 is 1.00 bits per heavy atom. The van der Waals surface area contributed by atoms with E-state index in [9.17, 15) is 0 Å². The number of methoxy groups -OCH3 is 1. The molecule has 2 aromatic carbocycles. The van der Waals surface area contributed by atoms with E-state index in [2.05, 4.69) is 52.4 Å². The summed E-state index contributed by atoms with van der Waals surface area (Å²) in [5, 5.41) is 1.16. The molecule has 0 amide bonds. The van der Waals surface area contributed by atoms with Crippen LogP contribution >= 0.6 is 0 Å². The van der Waals surface area contributed by atoms with E-state index in [1.807, 2.05) is 18.2 Å². The Morgan fingerprint density at radius 3 is 2.62 bits per heavy atom. The minimum absolute atomic E-state index is 0.608. The van der Waals surface area contributed by atoms with Gasteiger partial charge in [-0.1, -0.05) is 42.5 Å². The molecule has 4 nitrogen and oxygen atoms in total. The molecule has 2 aromatic heterocycles. The van der Waals surface area contributed by atoms with Crippen molar-refractivity contribution in [3.05, 3.63) is 72.4 Å². The third-order valence-corrected chi connectivity index (χ3v) is 4.63. The Hall–Kier alpha value is -3.11. The zero-order valence-corrected chi connectivity index (χ0v) is 14.7. The molecule has 0 aliphatic rings. The second-order valence-electron chi connectivity index (χ2n) is 6.21. The summed E-state index contributed by atoms with van der Waals surface area (Å²) in [6.45, 7) is 0.612. The Labute approximate surface area is 152 Å². The summed E-state index contributed by atoms with van der Waals surface area (Å²) < 4.78 is 5.60. The fourth-order valence-electron chi connectivity index (χ4n) is 3.45. The lowest BCUT2D eigenvalue weighted by atomic mass is 9.93. The largest absolute Gasteiger partial charge is 0.480 e. The molecular formula is C22H21N3O. The van der Waals surface area contributed by atoms with Gasteiger partial charge in [0, 0.05) is 17.1 Å². The van der Waals surface area contributed by atoms with Gasteiger partial charge in [-0.15, -0.1) is 0 Å². The highest BCUT2D eigenvalue weighted by Crippen LogP contribution is 2.39. The summed E-state index contributed by atoms with van der Waals surface area (Å²) in [7, 11) is 1.66. The van der Waals surface area contributed by atoms with E-state index in [0.29, 0.717) is 12.4 Å². The van der Waals surface area contributed by atoms with E-state index in [0.717, 1.165) is 39.7 Å². The van der Waals surface area contributed by atoms with Crippen molar-refractivity contribution >= 4 is 10.9 Å². The molecule has 2 heterocycles. The predicted molar refractivity (Wildman–Crippen MR) is 106 cm³/mol. The summed E-state index contributed by atoms with van der Waals surface area (Å²) in [5.74, 6) is 0.608. The van der Waals surface area contributed by atoms with Crippen LogP contribution in [0.2, 0.25) is 0 Å². The number of nitrogens with two attached hydrogens (primary N) is 1. The summed E-state index contributed by atoms with van der Waals surface area (Å²) in [4.78, 5) is 7.94. The van der Waals surface area contributed by atoms with Crippen LogP contribution in [0.5, 0.6) is 5.88 Å². The number of fused-ring (bicyclic) bond motifs is 1. The number of ether oxygens (including phenoxy) is 1. The minimum Gasteiger partial charge on any atom is -0.480 e. The molecular weight excluding hydrogens is 322 g/mol. The molecule has 0 aliphatic heterocycles. The zero-order chi connectivity index (χ0) is 17.9. The highest BCUT2D eigenvalue weighted by Gasteiger charge is 2.18. The second kappa shape index (κ2) is 7.02. The monoisotopic (exact) mass is 343 g/mol. The number of pyridine rings is 1. The van der Waals surface area contributed by atoms with Crippen molar-refractivity contribution in [1.82, 2.24) is 9.97 Å². The topological polar surface area (TPSA) is 63.9 Å². The van der Waals surface area contributed by atoms with E-state index in [1.165, 1.54) is 5.56 Å². The average Bonchev–Trinajstić information content (AvgIpc) is 3.12. The number of H-pyrrole nitrogens is 1. The summed E-state index contributed by atoms with van der Waals surface area (Å²) in [6, 6.07) is 20.8. The van der Waals surface area contributed by atoms with E-state index in [-0.39, 0.29) is 0 Å². The van der Waals surface area contributed by atoms with E-state index in [1.54, 1.807) is 13.3 Å². The highest BCUT2D eigenvalue weighted by molar-refractivity contribution is 5.92. The molecule has 0 radical (unpaired) electrons. The maximum Gasteiger partial charge on any atom is 0.223 e. The number of para-hydroxylation sites is 1. The van der Waals surface area contributed by atoms with Gasteiger partial charge in [0.25, 0.3) is 0 Å². The van der Waals surface area contributed by atoms with Gasteiger partial charge in [-0.3, -0.25) is 0 Å². The van der Waals surface area contributed by atoms with Gasteiger partial charge >= 0.3 is 0 Å². The van der Waals surface area contributed by atoms with Gasteiger partial charge in [0.15, 0.2) is 0 Å². The van der Waals surface area contributed by atoms with Crippen molar-refractivity contribution in [2.45, 2.75) is 6.42 Å². The number of aromatic amines is 1. The van der Waals surface area contributed by atoms with Crippen LogP contribution in [-0.4, -0.2) is 23.6 Å². The van der Waals surface area contributed by atoms with E-state index >= 15 is 0 Å². The Kier molecular flexibility index (Phi) is 4.42. The molecule has 4 aromatic rings. The molecule has 3 N–H and O–H groups in total. The Bertz CT molecular complexity index is 1020. The van der Waals surface area contributed by atoms with Crippen LogP contribution in [0.3, 0.4) is 0 Å². The smallest absolute Gasteiger partial charge is 0.223 e. The van der Waals surface area contributed by atoms with Gasteiger partial charge in [0.05, 0.1) is 18.4 Å². The van der Waals surface area contributed by atoms with Crippen molar-refractivity contribution in [2.75, 3.05) is 13.7 Å². The average molecular weight is 343 g/mol. The molecule has 0 spiro atoms. The van der Waals surface area contributed by atoms with Crippen molar-refractivity contribution in [3.8, 4) is 28.3 Å². The summed E-state index contributed by atoms with van der Waals surface area (Å²) in [5.41, 5.74) is 12.3. The lowest BCUT2D eigenvalue weighted by molar-refractivity contribution is 0.400. The maximum atomic E-state index is 5.82. The van der Waals surface area contributed by atoms with Crippen molar-refractivity contribution in [3.63, 3.8) is 0 Å². The summed E-state index contributed by atoms with van der Waals surface area (Å²) >= 11 is 0. The lowest BCUT2D eigenvalue weighted by Crippen LogP contribution is -2.04. The molecule has 0 fully saturated rings. The molecule has 130 valence electrons. The molecule has 4 heteroatoms. The Morgan fingerprint density at radius 2 is 1.81 bits per heavy atom. The maximum absolute atomic E-state index is 5.82. The highest BCUT2D eigenvalue weighted by atomic mass is 16.5. The minimum atomic E-state index is 0.608. The number of nitrogens with one attached hydrogen (secondary N) is 1. The number of hydrogen-bond donors (Lipinski definition) is 2. The molecule has 26 heavy (non-hydrogen) atoms. The van der Waals surface area contributed by atoms with Crippen molar-refractivity contribution in [2.24, 2.45) is 5.73 Å². The van der Waals surface area contributed by atoms with Crippen LogP contribution in [0, 0.1) is 0 Å². The quantitative estimate of drug-likeness (QED) is 0.564. The number of rotatable bonds is 5. The second-order valence-corrected chi connectivity index (χ2v) is 6.21. The number of aromatic nitrogens is 2. The Balaban J connectivity index is 1.97. The molecule has 4 rings (SSSR count). The standard InChI is InChI=1S/C22H21N3O/c1-26-22-21(20-14-16-7-3-5-9-19(16)25-20)18(11-13-24-22)17-8-4-2-6-15(17)10-12-23/h2-9,11,13-14,25H,10,12,23H2,1H3. The lowest BCUT2D eigenvalue weighted by Gasteiger charge is -2.15. The van der Waals surface area contributed by atoms with Crippen LogP contribution in [0.4, 0.5) is 0 Å². The van der Waals surface area contributed by atoms with Crippen molar-refractivity contribution in [1.29, 1.82) is 0 Å². The van der Waals surface area contributed by atoms with Crippen LogP contribution < -0.4 is 10.5 Å². The molecule has 0 saturated heterocycles. The fraction of sp³-hybridized carbons (Fsp3) is 0.136. The third kappa shape index (κ3) is 2.85.